The number of hydrogen-bond acceptors (Lipinski definition) is 5. The largest absolute Gasteiger partial charge is 0.463 e. The molecule has 2 aromatic heterocycles. The van der Waals surface area contributed by atoms with E-state index in [4.69, 9.17) is 9.15 Å². The Bertz CT molecular complexity index is 592. The Labute approximate surface area is 122 Å². The number of alkyl carbamates (subject to hydrolysis) is 1. The van der Waals surface area contributed by atoms with E-state index < -0.39 is 6.09 Å². The molecule has 0 spiro atoms. The molecular formula is C15H17N3O3. The van der Waals surface area contributed by atoms with Gasteiger partial charge in [0.1, 0.15) is 11.8 Å². The number of rotatable bonds is 4. The van der Waals surface area contributed by atoms with Crippen LogP contribution in [0.5, 0.6) is 0 Å². The molecule has 6 heteroatoms. The highest BCUT2D eigenvalue weighted by Gasteiger charge is 2.19. The van der Waals surface area contributed by atoms with E-state index in [0.717, 1.165) is 25.7 Å². The summed E-state index contributed by atoms with van der Waals surface area (Å²) < 4.78 is 10.7. The van der Waals surface area contributed by atoms with Gasteiger partial charge in [0.15, 0.2) is 5.76 Å². The zero-order chi connectivity index (χ0) is 14.5. The summed E-state index contributed by atoms with van der Waals surface area (Å²) >= 11 is 0. The third-order valence-electron chi connectivity index (χ3n) is 3.50. The number of aromatic nitrogens is 2. The first-order chi connectivity index (χ1) is 10.3. The van der Waals surface area contributed by atoms with E-state index in [0.29, 0.717) is 17.1 Å². The molecule has 21 heavy (non-hydrogen) atoms. The topological polar surface area (TPSA) is 77.3 Å². The molecule has 0 radical (unpaired) electrons. The van der Waals surface area contributed by atoms with Gasteiger partial charge < -0.3 is 14.5 Å². The minimum atomic E-state index is -0.405. The molecule has 2 aromatic rings. The molecule has 1 aliphatic carbocycles. The molecule has 0 atom stereocenters. The van der Waals surface area contributed by atoms with E-state index >= 15 is 0 Å². The Morgan fingerprint density at radius 3 is 2.90 bits per heavy atom. The standard InChI is InChI=1S/C15H17N3O3/c19-15(21-11-4-1-2-5-11)18-10-12-14(17-8-7-16-12)13-6-3-9-20-13/h3,6-9,11H,1-2,4-5,10H2,(H,18,19). The second-order valence-corrected chi connectivity index (χ2v) is 4.99. The lowest BCUT2D eigenvalue weighted by atomic mass is 10.2. The maximum atomic E-state index is 11.8. The monoisotopic (exact) mass is 287 g/mol. The Morgan fingerprint density at radius 2 is 2.14 bits per heavy atom. The number of amides is 1. The average Bonchev–Trinajstić information content (AvgIpc) is 3.18. The van der Waals surface area contributed by atoms with Gasteiger partial charge in [0.25, 0.3) is 0 Å². The van der Waals surface area contributed by atoms with Crippen molar-refractivity contribution in [3.8, 4) is 11.5 Å². The Balaban J connectivity index is 1.61. The minimum absolute atomic E-state index is 0.0522. The SMILES string of the molecule is O=C(NCc1nccnc1-c1ccco1)OC1CCCC1. The van der Waals surface area contributed by atoms with Gasteiger partial charge in [-0.3, -0.25) is 4.98 Å². The van der Waals surface area contributed by atoms with E-state index in [2.05, 4.69) is 15.3 Å². The van der Waals surface area contributed by atoms with Gasteiger partial charge in [-0.25, -0.2) is 9.78 Å². The lowest BCUT2D eigenvalue weighted by molar-refractivity contribution is 0.100. The zero-order valence-electron chi connectivity index (χ0n) is 11.6. The van der Waals surface area contributed by atoms with Gasteiger partial charge in [-0.2, -0.15) is 0 Å². The van der Waals surface area contributed by atoms with Crippen molar-refractivity contribution in [3.63, 3.8) is 0 Å². The van der Waals surface area contributed by atoms with E-state index in [1.807, 2.05) is 6.07 Å². The maximum Gasteiger partial charge on any atom is 0.407 e. The third kappa shape index (κ3) is 3.39. The highest BCUT2D eigenvalue weighted by Crippen LogP contribution is 2.21. The summed E-state index contributed by atoms with van der Waals surface area (Å²) in [5, 5.41) is 2.72. The molecule has 1 fully saturated rings. The fourth-order valence-electron chi connectivity index (χ4n) is 2.47. The second kappa shape index (κ2) is 6.39. The number of furan rings is 1. The van der Waals surface area contributed by atoms with Crippen molar-refractivity contribution in [2.24, 2.45) is 0 Å². The number of carbonyl (C=O) groups excluding carboxylic acids is 1. The molecule has 0 aromatic carbocycles. The van der Waals surface area contributed by atoms with E-state index in [9.17, 15) is 4.79 Å². The summed E-state index contributed by atoms with van der Waals surface area (Å²) in [6, 6.07) is 3.60. The van der Waals surface area contributed by atoms with Gasteiger partial charge in [0.2, 0.25) is 0 Å². The molecule has 2 heterocycles. The van der Waals surface area contributed by atoms with Gasteiger partial charge in [-0.1, -0.05) is 0 Å². The van der Waals surface area contributed by atoms with E-state index in [1.54, 1.807) is 24.7 Å². The summed E-state index contributed by atoms with van der Waals surface area (Å²) in [7, 11) is 0. The van der Waals surface area contributed by atoms with E-state index in [-0.39, 0.29) is 12.6 Å². The molecular weight excluding hydrogens is 270 g/mol. The van der Waals surface area contributed by atoms with Crippen LogP contribution in [-0.4, -0.2) is 22.2 Å². The molecule has 6 nitrogen and oxygen atoms in total. The second-order valence-electron chi connectivity index (χ2n) is 4.99. The number of nitrogens with one attached hydrogen (secondary N) is 1. The van der Waals surface area contributed by atoms with Gasteiger partial charge >= 0.3 is 6.09 Å². The van der Waals surface area contributed by atoms with Crippen LogP contribution in [0.25, 0.3) is 11.5 Å². The van der Waals surface area contributed by atoms with Crippen molar-refractivity contribution < 1.29 is 13.9 Å². The molecule has 0 unspecified atom stereocenters. The van der Waals surface area contributed by atoms with Gasteiger partial charge in [0.05, 0.1) is 18.5 Å². The van der Waals surface area contributed by atoms with Crippen LogP contribution in [-0.2, 0) is 11.3 Å². The first-order valence-corrected chi connectivity index (χ1v) is 7.11. The summed E-state index contributed by atoms with van der Waals surface area (Å²) in [5.41, 5.74) is 1.28. The van der Waals surface area contributed by atoms with Crippen LogP contribution in [0.2, 0.25) is 0 Å². The van der Waals surface area contributed by atoms with Gasteiger partial charge in [-0.15, -0.1) is 0 Å². The molecule has 110 valence electrons. The van der Waals surface area contributed by atoms with Crippen molar-refractivity contribution in [1.29, 1.82) is 0 Å². The predicted octanol–water partition coefficient (Wildman–Crippen LogP) is 2.91. The molecule has 0 saturated heterocycles. The van der Waals surface area contributed by atoms with E-state index in [1.165, 1.54) is 0 Å². The van der Waals surface area contributed by atoms with Crippen LogP contribution in [0.1, 0.15) is 31.4 Å². The lowest BCUT2D eigenvalue weighted by Gasteiger charge is -2.12. The minimum Gasteiger partial charge on any atom is -0.463 e. The predicted molar refractivity (Wildman–Crippen MR) is 75.3 cm³/mol. The smallest absolute Gasteiger partial charge is 0.407 e. The van der Waals surface area contributed by atoms with Crippen LogP contribution in [0, 0.1) is 0 Å². The van der Waals surface area contributed by atoms with Crippen LogP contribution in [0.15, 0.2) is 35.2 Å². The number of ether oxygens (including phenoxy) is 1. The average molecular weight is 287 g/mol. The molecule has 0 bridgehead atoms. The van der Waals surface area contributed by atoms with Crippen LogP contribution in [0.4, 0.5) is 4.79 Å². The molecule has 1 aliphatic rings. The number of hydrogen-bond donors (Lipinski definition) is 1. The van der Waals surface area contributed by atoms with Crippen molar-refractivity contribution in [2.45, 2.75) is 38.3 Å². The van der Waals surface area contributed by atoms with Crippen LogP contribution >= 0.6 is 0 Å². The highest BCUT2D eigenvalue weighted by atomic mass is 16.6. The molecule has 0 aliphatic heterocycles. The number of carbonyl (C=O) groups is 1. The van der Waals surface area contributed by atoms with Crippen molar-refractivity contribution in [1.82, 2.24) is 15.3 Å². The van der Waals surface area contributed by atoms with Crippen LogP contribution < -0.4 is 5.32 Å². The fourth-order valence-corrected chi connectivity index (χ4v) is 2.47. The quantitative estimate of drug-likeness (QED) is 0.935. The molecule has 3 rings (SSSR count). The summed E-state index contributed by atoms with van der Waals surface area (Å²) in [4.78, 5) is 20.3. The Kier molecular flexibility index (Phi) is 4.14. The van der Waals surface area contributed by atoms with Crippen molar-refractivity contribution in [3.05, 3.63) is 36.5 Å². The fraction of sp³-hybridized carbons (Fsp3) is 0.400. The Hall–Kier alpha value is -2.37. The molecule has 1 amide bonds. The lowest BCUT2D eigenvalue weighted by Crippen LogP contribution is -2.28. The van der Waals surface area contributed by atoms with Crippen LogP contribution in [0.3, 0.4) is 0 Å². The summed E-state index contributed by atoms with van der Waals surface area (Å²) in [6.07, 6.45) is 8.58. The Morgan fingerprint density at radius 1 is 1.33 bits per heavy atom. The maximum absolute atomic E-state index is 11.8. The third-order valence-corrected chi connectivity index (χ3v) is 3.50. The molecule has 1 saturated carbocycles. The normalized spacial score (nSPS) is 15.0. The molecule has 1 N–H and O–H groups in total. The first kappa shape index (κ1) is 13.6. The van der Waals surface area contributed by atoms with Gasteiger partial charge in [-0.05, 0) is 37.8 Å². The van der Waals surface area contributed by atoms with Crippen molar-refractivity contribution >= 4 is 6.09 Å². The first-order valence-electron chi connectivity index (χ1n) is 7.11. The summed E-state index contributed by atoms with van der Waals surface area (Å²) in [6.45, 7) is 0.259. The zero-order valence-corrected chi connectivity index (χ0v) is 11.6. The number of nitrogens with zero attached hydrogens (tertiary/aromatic N) is 2. The van der Waals surface area contributed by atoms with Crippen molar-refractivity contribution in [2.75, 3.05) is 0 Å². The van der Waals surface area contributed by atoms with Gasteiger partial charge in [0, 0.05) is 12.4 Å². The highest BCUT2D eigenvalue weighted by molar-refractivity contribution is 5.68. The summed E-state index contributed by atoms with van der Waals surface area (Å²) in [5.74, 6) is 0.629.